The molecule has 6 heteroatoms. The summed E-state index contributed by atoms with van der Waals surface area (Å²) < 4.78 is 26.4. The highest BCUT2D eigenvalue weighted by molar-refractivity contribution is 7.91. The second kappa shape index (κ2) is 6.15. The average Bonchev–Trinajstić information content (AvgIpc) is 2.73. The maximum Gasteiger partial charge on any atom is 0.250 e. The lowest BCUT2D eigenvalue weighted by atomic mass is 10.4. The maximum atomic E-state index is 11.8. The monoisotopic (exact) mass is 260 g/mol. The highest BCUT2D eigenvalue weighted by Gasteiger charge is 2.15. The Kier molecular flexibility index (Phi) is 5.14. The van der Waals surface area contributed by atoms with Crippen LogP contribution in [0.1, 0.15) is 18.2 Å². The molecule has 3 N–H and O–H groups in total. The minimum Gasteiger partial charge on any atom is -0.326 e. The van der Waals surface area contributed by atoms with Gasteiger partial charge in [0.05, 0.1) is 0 Å². The van der Waals surface area contributed by atoms with Crippen LogP contribution in [0.25, 0.3) is 0 Å². The summed E-state index contributed by atoms with van der Waals surface area (Å²) in [5, 5.41) is 0. The zero-order valence-corrected chi connectivity index (χ0v) is 10.8. The van der Waals surface area contributed by atoms with Gasteiger partial charge >= 0.3 is 0 Å². The first kappa shape index (κ1) is 13.4. The number of thiophene rings is 1. The predicted octanol–water partition coefficient (Wildman–Crippen LogP) is 1.45. The summed E-state index contributed by atoms with van der Waals surface area (Å²) in [7, 11) is -3.35. The van der Waals surface area contributed by atoms with Gasteiger partial charge in [0.2, 0.25) is 10.0 Å². The molecule has 90 valence electrons. The number of allylic oxidation sites excluding steroid dienone is 1. The van der Waals surface area contributed by atoms with Crippen molar-refractivity contribution in [3.8, 4) is 0 Å². The second-order valence-electron chi connectivity index (χ2n) is 3.18. The number of sulfonamides is 1. The molecule has 1 aromatic heterocycles. The molecule has 0 aliphatic carbocycles. The van der Waals surface area contributed by atoms with Crippen molar-refractivity contribution in [1.29, 1.82) is 0 Å². The fraction of sp³-hybridized carbons (Fsp3) is 0.400. The molecule has 4 nitrogen and oxygen atoms in total. The lowest BCUT2D eigenvalue weighted by Gasteiger charge is -2.02. The number of hydrogen-bond donors (Lipinski definition) is 2. The van der Waals surface area contributed by atoms with Crippen LogP contribution < -0.4 is 10.5 Å². The van der Waals surface area contributed by atoms with Gasteiger partial charge in [0, 0.05) is 18.0 Å². The molecule has 0 amide bonds. The number of nitrogens with two attached hydrogens (primary N) is 1. The quantitative estimate of drug-likeness (QED) is 0.600. The Morgan fingerprint density at radius 3 is 2.81 bits per heavy atom. The molecular weight excluding hydrogens is 244 g/mol. The SMILES string of the molecule is C/C=C/CCNS(=O)(=O)c1ccc(CN)s1. The first-order chi connectivity index (χ1) is 7.60. The summed E-state index contributed by atoms with van der Waals surface area (Å²) in [5.74, 6) is 0. The van der Waals surface area contributed by atoms with Gasteiger partial charge < -0.3 is 5.73 Å². The molecule has 16 heavy (non-hydrogen) atoms. The number of hydrogen-bond acceptors (Lipinski definition) is 4. The van der Waals surface area contributed by atoms with E-state index < -0.39 is 10.0 Å². The average molecular weight is 260 g/mol. The molecule has 1 aromatic rings. The lowest BCUT2D eigenvalue weighted by molar-refractivity contribution is 0.584. The van der Waals surface area contributed by atoms with E-state index in [0.717, 1.165) is 4.88 Å². The molecule has 0 radical (unpaired) electrons. The van der Waals surface area contributed by atoms with Gasteiger partial charge in [-0.15, -0.1) is 11.3 Å². The third-order valence-corrected chi connectivity index (χ3v) is 5.00. The fourth-order valence-corrected chi connectivity index (χ4v) is 3.45. The molecule has 0 aromatic carbocycles. The zero-order chi connectivity index (χ0) is 12.0. The van der Waals surface area contributed by atoms with E-state index >= 15 is 0 Å². The van der Waals surface area contributed by atoms with Crippen LogP contribution in [0.5, 0.6) is 0 Å². The minimum absolute atomic E-state index is 0.327. The summed E-state index contributed by atoms with van der Waals surface area (Å²) in [6.45, 7) is 2.70. The summed E-state index contributed by atoms with van der Waals surface area (Å²) >= 11 is 1.21. The van der Waals surface area contributed by atoms with E-state index in [1.807, 2.05) is 19.1 Å². The molecule has 0 atom stereocenters. The third-order valence-electron chi connectivity index (χ3n) is 1.94. The standard InChI is InChI=1S/C10H16N2O2S2/c1-2-3-4-7-12-16(13,14)10-6-5-9(8-11)15-10/h2-3,5-6,12H,4,7-8,11H2,1H3/b3-2+. The minimum atomic E-state index is -3.35. The normalized spacial score (nSPS) is 12.4. The zero-order valence-electron chi connectivity index (χ0n) is 9.14. The Morgan fingerprint density at radius 2 is 2.25 bits per heavy atom. The Bertz CT molecular complexity index is 449. The van der Waals surface area contributed by atoms with E-state index in [4.69, 9.17) is 5.73 Å². The van der Waals surface area contributed by atoms with E-state index in [9.17, 15) is 8.42 Å². The highest BCUT2D eigenvalue weighted by atomic mass is 32.2. The maximum absolute atomic E-state index is 11.8. The van der Waals surface area contributed by atoms with Gasteiger partial charge in [-0.2, -0.15) is 0 Å². The van der Waals surface area contributed by atoms with Crippen molar-refractivity contribution in [2.75, 3.05) is 6.54 Å². The molecule has 0 bridgehead atoms. The molecular formula is C10H16N2O2S2. The van der Waals surface area contributed by atoms with Crippen molar-refractivity contribution in [2.24, 2.45) is 5.73 Å². The van der Waals surface area contributed by atoms with Crippen LogP contribution in [0.2, 0.25) is 0 Å². The van der Waals surface area contributed by atoms with Crippen LogP contribution in [0.3, 0.4) is 0 Å². The van der Waals surface area contributed by atoms with Gasteiger partial charge in [-0.3, -0.25) is 0 Å². The Morgan fingerprint density at radius 1 is 1.50 bits per heavy atom. The lowest BCUT2D eigenvalue weighted by Crippen LogP contribution is -2.23. The van der Waals surface area contributed by atoms with E-state index in [-0.39, 0.29) is 0 Å². The van der Waals surface area contributed by atoms with Gasteiger partial charge in [-0.05, 0) is 25.5 Å². The van der Waals surface area contributed by atoms with E-state index in [1.54, 1.807) is 12.1 Å². The highest BCUT2D eigenvalue weighted by Crippen LogP contribution is 2.20. The Hall–Kier alpha value is -0.690. The fourth-order valence-electron chi connectivity index (χ4n) is 1.13. The van der Waals surface area contributed by atoms with Gasteiger partial charge in [0.1, 0.15) is 4.21 Å². The third kappa shape index (κ3) is 3.71. The smallest absolute Gasteiger partial charge is 0.250 e. The molecule has 1 rings (SSSR count). The van der Waals surface area contributed by atoms with Crippen LogP contribution in [0.4, 0.5) is 0 Å². The van der Waals surface area contributed by atoms with Gasteiger partial charge in [-0.25, -0.2) is 13.1 Å². The summed E-state index contributed by atoms with van der Waals surface area (Å²) in [4.78, 5) is 0.869. The first-order valence-electron chi connectivity index (χ1n) is 4.99. The van der Waals surface area contributed by atoms with Gasteiger partial charge in [-0.1, -0.05) is 12.2 Å². The van der Waals surface area contributed by atoms with Crippen molar-refractivity contribution in [3.63, 3.8) is 0 Å². The van der Waals surface area contributed by atoms with Crippen molar-refractivity contribution < 1.29 is 8.42 Å². The second-order valence-corrected chi connectivity index (χ2v) is 6.34. The molecule has 0 aliphatic heterocycles. The topological polar surface area (TPSA) is 72.2 Å². The molecule has 0 saturated heterocycles. The summed E-state index contributed by atoms with van der Waals surface area (Å²) in [5.41, 5.74) is 5.43. The molecule has 1 heterocycles. The Labute approximate surface area is 100 Å². The number of rotatable bonds is 6. The van der Waals surface area contributed by atoms with Crippen molar-refractivity contribution >= 4 is 21.4 Å². The van der Waals surface area contributed by atoms with Crippen LogP contribution in [-0.2, 0) is 16.6 Å². The van der Waals surface area contributed by atoms with E-state index in [2.05, 4.69) is 4.72 Å². The van der Waals surface area contributed by atoms with Crippen molar-refractivity contribution in [1.82, 2.24) is 4.72 Å². The van der Waals surface area contributed by atoms with Crippen LogP contribution in [0, 0.1) is 0 Å². The van der Waals surface area contributed by atoms with E-state index in [1.165, 1.54) is 11.3 Å². The Balaban J connectivity index is 2.63. The summed E-state index contributed by atoms with van der Waals surface area (Å²) in [6.07, 6.45) is 4.51. The first-order valence-corrected chi connectivity index (χ1v) is 7.29. The van der Waals surface area contributed by atoms with Crippen LogP contribution >= 0.6 is 11.3 Å². The number of nitrogens with one attached hydrogen (secondary N) is 1. The van der Waals surface area contributed by atoms with Crippen LogP contribution in [0.15, 0.2) is 28.5 Å². The molecule has 0 spiro atoms. The van der Waals surface area contributed by atoms with Crippen LogP contribution in [-0.4, -0.2) is 15.0 Å². The van der Waals surface area contributed by atoms with E-state index in [0.29, 0.717) is 23.7 Å². The summed E-state index contributed by atoms with van der Waals surface area (Å²) in [6, 6.07) is 3.33. The largest absolute Gasteiger partial charge is 0.326 e. The van der Waals surface area contributed by atoms with Gasteiger partial charge in [0.25, 0.3) is 0 Å². The molecule has 0 fully saturated rings. The molecule has 0 aliphatic rings. The van der Waals surface area contributed by atoms with Gasteiger partial charge in [0.15, 0.2) is 0 Å². The van der Waals surface area contributed by atoms with Crippen molar-refractivity contribution in [2.45, 2.75) is 24.1 Å². The predicted molar refractivity (Wildman–Crippen MR) is 66.8 cm³/mol. The molecule has 0 unspecified atom stereocenters. The van der Waals surface area contributed by atoms with Crippen molar-refractivity contribution in [3.05, 3.63) is 29.2 Å². The molecule has 0 saturated carbocycles.